The molecule has 1 amide bonds. The van der Waals surface area contributed by atoms with Crippen LogP contribution in [0.3, 0.4) is 0 Å². The summed E-state index contributed by atoms with van der Waals surface area (Å²) in [7, 11) is 0. The third-order valence-corrected chi connectivity index (χ3v) is 3.25. The first-order chi connectivity index (χ1) is 10.6. The molecule has 0 aromatic rings. The van der Waals surface area contributed by atoms with Gasteiger partial charge >= 0.3 is 6.18 Å². The summed E-state index contributed by atoms with van der Waals surface area (Å²) < 4.78 is 41.9. The predicted molar refractivity (Wildman–Crippen MR) is 78.0 cm³/mol. The Balaban J connectivity index is 2.33. The Morgan fingerprint density at radius 1 is 1.26 bits per heavy atom. The molecule has 0 saturated carbocycles. The molecule has 9 heteroatoms. The number of carbonyl (C=O) groups is 2. The first kappa shape index (κ1) is 19.6. The average molecular weight is 337 g/mol. The van der Waals surface area contributed by atoms with E-state index in [1.165, 1.54) is 6.92 Å². The minimum atomic E-state index is -4.88. The van der Waals surface area contributed by atoms with E-state index >= 15 is 0 Å². The molecule has 0 aliphatic carbocycles. The van der Waals surface area contributed by atoms with Crippen molar-refractivity contribution in [3.63, 3.8) is 0 Å². The molecule has 0 spiro atoms. The molecule has 0 unspecified atom stereocenters. The Labute approximate surface area is 133 Å². The summed E-state index contributed by atoms with van der Waals surface area (Å²) in [4.78, 5) is 24.5. The summed E-state index contributed by atoms with van der Waals surface area (Å²) >= 11 is 0. The number of alkyl halides is 3. The lowest BCUT2D eigenvalue weighted by Crippen LogP contribution is -2.46. The molecule has 0 aromatic heterocycles. The van der Waals surface area contributed by atoms with E-state index in [4.69, 9.17) is 4.74 Å². The van der Waals surface area contributed by atoms with Crippen molar-refractivity contribution in [3.05, 3.63) is 0 Å². The van der Waals surface area contributed by atoms with Gasteiger partial charge in [0, 0.05) is 31.8 Å². The summed E-state index contributed by atoms with van der Waals surface area (Å²) in [5.74, 6) is -2.29. The van der Waals surface area contributed by atoms with Crippen LogP contribution in [-0.2, 0) is 14.3 Å². The van der Waals surface area contributed by atoms with Gasteiger partial charge in [0.2, 0.25) is 11.7 Å². The molecule has 0 radical (unpaired) electrons. The number of rotatable bonds is 6. The number of hydrazone groups is 1. The van der Waals surface area contributed by atoms with Gasteiger partial charge in [-0.25, -0.2) is 5.43 Å². The normalized spacial score (nSPS) is 23.7. The van der Waals surface area contributed by atoms with Crippen LogP contribution in [0.2, 0.25) is 0 Å². The van der Waals surface area contributed by atoms with Gasteiger partial charge < -0.3 is 4.74 Å². The average Bonchev–Trinajstić information content (AvgIpc) is 2.40. The molecule has 1 aliphatic rings. The topological polar surface area (TPSA) is 71.0 Å². The number of ketones is 1. The highest BCUT2D eigenvalue weighted by atomic mass is 19.4. The van der Waals surface area contributed by atoms with Crippen molar-refractivity contribution in [1.82, 2.24) is 10.3 Å². The molecular weight excluding hydrogens is 315 g/mol. The van der Waals surface area contributed by atoms with Crippen LogP contribution in [-0.4, -0.2) is 60.3 Å². The van der Waals surface area contributed by atoms with Crippen LogP contribution in [0.5, 0.6) is 0 Å². The third-order valence-electron chi connectivity index (χ3n) is 3.25. The molecule has 1 rings (SSSR count). The molecular formula is C14H22F3N3O3. The second-order valence-electron chi connectivity index (χ2n) is 5.75. The van der Waals surface area contributed by atoms with E-state index in [1.807, 2.05) is 13.8 Å². The second kappa shape index (κ2) is 8.39. The van der Waals surface area contributed by atoms with E-state index < -0.39 is 24.3 Å². The van der Waals surface area contributed by atoms with Crippen molar-refractivity contribution in [3.8, 4) is 0 Å². The van der Waals surface area contributed by atoms with Gasteiger partial charge in [0.05, 0.1) is 18.6 Å². The molecule has 2 atom stereocenters. The number of morpholine rings is 1. The van der Waals surface area contributed by atoms with Crippen LogP contribution in [0, 0.1) is 0 Å². The fourth-order valence-corrected chi connectivity index (χ4v) is 2.31. The number of Topliss-reactive ketones (excluding diaryl/α,β-unsaturated/α-hetero) is 1. The maximum Gasteiger partial charge on any atom is 0.450 e. The van der Waals surface area contributed by atoms with E-state index in [9.17, 15) is 22.8 Å². The van der Waals surface area contributed by atoms with Crippen LogP contribution >= 0.6 is 0 Å². The van der Waals surface area contributed by atoms with Crippen molar-refractivity contribution in [2.45, 2.75) is 52.0 Å². The van der Waals surface area contributed by atoms with Gasteiger partial charge in [0.15, 0.2) is 0 Å². The molecule has 1 aliphatic heterocycles. The van der Waals surface area contributed by atoms with Crippen molar-refractivity contribution >= 4 is 17.4 Å². The number of ether oxygens (including phenoxy) is 1. The van der Waals surface area contributed by atoms with Gasteiger partial charge in [-0.3, -0.25) is 14.5 Å². The van der Waals surface area contributed by atoms with Crippen LogP contribution in [0.4, 0.5) is 13.2 Å². The van der Waals surface area contributed by atoms with Gasteiger partial charge in [-0.05, 0) is 20.8 Å². The van der Waals surface area contributed by atoms with E-state index in [2.05, 4.69) is 15.4 Å². The molecule has 0 bridgehead atoms. The maximum atomic E-state index is 12.1. The smallest absolute Gasteiger partial charge is 0.373 e. The Bertz CT molecular complexity index is 456. The predicted octanol–water partition coefficient (Wildman–Crippen LogP) is 1.50. The molecule has 1 saturated heterocycles. The Hall–Kier alpha value is -1.48. The van der Waals surface area contributed by atoms with Gasteiger partial charge in [-0.2, -0.15) is 18.3 Å². The lowest BCUT2D eigenvalue weighted by atomic mass is 10.2. The zero-order valence-corrected chi connectivity index (χ0v) is 13.4. The van der Waals surface area contributed by atoms with Crippen molar-refractivity contribution in [1.29, 1.82) is 0 Å². The van der Waals surface area contributed by atoms with E-state index in [0.717, 1.165) is 13.1 Å². The quantitative estimate of drug-likeness (QED) is 0.589. The molecule has 1 heterocycles. The van der Waals surface area contributed by atoms with Crippen LogP contribution < -0.4 is 5.43 Å². The van der Waals surface area contributed by atoms with Crippen LogP contribution in [0.15, 0.2) is 5.10 Å². The second-order valence-corrected chi connectivity index (χ2v) is 5.75. The molecule has 6 nitrogen and oxygen atoms in total. The lowest BCUT2D eigenvalue weighted by molar-refractivity contribution is -0.169. The zero-order valence-electron chi connectivity index (χ0n) is 13.4. The molecule has 0 aromatic carbocycles. The fourth-order valence-electron chi connectivity index (χ4n) is 2.31. The number of nitrogens with zero attached hydrogens (tertiary/aromatic N) is 2. The number of amides is 1. The van der Waals surface area contributed by atoms with Crippen molar-refractivity contribution < 1.29 is 27.5 Å². The lowest BCUT2D eigenvalue weighted by Gasteiger charge is -2.35. The van der Waals surface area contributed by atoms with Gasteiger partial charge in [-0.1, -0.05) is 0 Å². The van der Waals surface area contributed by atoms with Gasteiger partial charge in [0.25, 0.3) is 0 Å². The minimum absolute atomic E-state index is 0.0886. The number of hydrogen-bond acceptors (Lipinski definition) is 5. The monoisotopic (exact) mass is 337 g/mol. The summed E-state index contributed by atoms with van der Waals surface area (Å²) in [6, 6.07) is 0. The molecule has 132 valence electrons. The van der Waals surface area contributed by atoms with Gasteiger partial charge in [-0.15, -0.1) is 0 Å². The Morgan fingerprint density at radius 3 is 2.35 bits per heavy atom. The Kier molecular flexibility index (Phi) is 7.14. The minimum Gasteiger partial charge on any atom is -0.373 e. The number of hydrogen-bond donors (Lipinski definition) is 1. The van der Waals surface area contributed by atoms with Crippen molar-refractivity contribution in [2.24, 2.45) is 5.10 Å². The number of carbonyl (C=O) groups excluding carboxylic acids is 2. The van der Waals surface area contributed by atoms with E-state index in [-0.39, 0.29) is 24.3 Å². The standard InChI is InChI=1S/C14H22F3N3O3/c1-9(6-12(21)14(15,16)17)18-19-13(22)4-5-20-7-10(2)23-11(3)8-20/h10-11H,4-8H2,1-3H3,(H,19,22)/t10-,11-/m1/s1. The molecule has 23 heavy (non-hydrogen) atoms. The summed E-state index contributed by atoms with van der Waals surface area (Å²) in [6.07, 6.45) is -5.39. The largest absolute Gasteiger partial charge is 0.450 e. The number of nitrogens with one attached hydrogen (secondary N) is 1. The van der Waals surface area contributed by atoms with E-state index in [1.54, 1.807) is 0 Å². The first-order valence-electron chi connectivity index (χ1n) is 7.37. The van der Waals surface area contributed by atoms with Crippen LogP contribution in [0.25, 0.3) is 0 Å². The Morgan fingerprint density at radius 2 is 1.83 bits per heavy atom. The summed E-state index contributed by atoms with van der Waals surface area (Å²) in [5, 5.41) is 3.52. The SMILES string of the molecule is CC(CC(=O)C(F)(F)F)=NNC(=O)CCN1C[C@@H](C)O[C@H](C)C1. The van der Waals surface area contributed by atoms with Crippen LogP contribution in [0.1, 0.15) is 33.6 Å². The summed E-state index contributed by atoms with van der Waals surface area (Å²) in [6.45, 7) is 7.12. The highest BCUT2D eigenvalue weighted by Crippen LogP contribution is 2.17. The fraction of sp³-hybridized carbons (Fsp3) is 0.786. The summed E-state index contributed by atoms with van der Waals surface area (Å²) in [5.41, 5.74) is 2.08. The molecule has 1 fully saturated rings. The zero-order chi connectivity index (χ0) is 17.6. The third kappa shape index (κ3) is 7.56. The number of halogens is 3. The molecule has 1 N–H and O–H groups in total. The maximum absolute atomic E-state index is 12.1. The first-order valence-corrected chi connectivity index (χ1v) is 7.37. The van der Waals surface area contributed by atoms with Gasteiger partial charge in [0.1, 0.15) is 0 Å². The van der Waals surface area contributed by atoms with Crippen molar-refractivity contribution in [2.75, 3.05) is 19.6 Å². The highest BCUT2D eigenvalue weighted by molar-refractivity contribution is 6.03. The highest BCUT2D eigenvalue weighted by Gasteiger charge is 2.38. The van der Waals surface area contributed by atoms with E-state index in [0.29, 0.717) is 6.54 Å².